The molecule has 8 nitrogen and oxygen atoms in total. The lowest BCUT2D eigenvalue weighted by atomic mass is 10.2. The lowest BCUT2D eigenvalue weighted by Gasteiger charge is -2.05. The first kappa shape index (κ1) is 19.1. The normalized spacial score (nSPS) is 11.3. The van der Waals surface area contributed by atoms with E-state index in [4.69, 9.17) is 16.1 Å². The van der Waals surface area contributed by atoms with Crippen LogP contribution < -0.4 is 5.32 Å². The summed E-state index contributed by atoms with van der Waals surface area (Å²) in [6.45, 7) is 4.42. The number of fused-ring (bicyclic) bond motifs is 1. The number of carbonyl (C=O) groups excluding carboxylic acids is 1. The smallest absolute Gasteiger partial charge is 0.258 e. The summed E-state index contributed by atoms with van der Waals surface area (Å²) in [5.74, 6) is 1.67. The van der Waals surface area contributed by atoms with Crippen LogP contribution in [0.3, 0.4) is 0 Å². The Morgan fingerprint density at radius 1 is 1.21 bits per heavy atom. The van der Waals surface area contributed by atoms with Crippen molar-refractivity contribution in [2.75, 3.05) is 0 Å². The molecule has 1 N–H and O–H groups in total. The molecule has 1 aromatic carbocycles. The summed E-state index contributed by atoms with van der Waals surface area (Å²) >= 11 is 5.87. The summed E-state index contributed by atoms with van der Waals surface area (Å²) in [6.07, 6.45) is 1.91. The Hall–Kier alpha value is -3.26. The molecule has 0 unspecified atom stereocenters. The molecular weight excluding hydrogens is 392 g/mol. The lowest BCUT2D eigenvalue weighted by Crippen LogP contribution is -2.25. The van der Waals surface area contributed by atoms with Crippen molar-refractivity contribution >= 4 is 23.2 Å². The Bertz CT molecular complexity index is 1150. The number of amides is 1. The van der Waals surface area contributed by atoms with Gasteiger partial charge in [0, 0.05) is 29.2 Å². The molecule has 1 amide bonds. The molecule has 0 atom stereocenters. The standard InChI is InChI=1S/C20H19ClN6O2/c1-12(2)19-23-20(29-26-19)14-7-8-27-16(9-14)24-25-17(27)10-18(28)22-11-13-3-5-15(21)6-4-13/h3-9,12H,10-11H2,1-2H3,(H,22,28). The van der Waals surface area contributed by atoms with Crippen molar-refractivity contribution in [1.29, 1.82) is 0 Å². The van der Waals surface area contributed by atoms with E-state index in [2.05, 4.69) is 25.7 Å². The maximum absolute atomic E-state index is 12.3. The molecule has 0 aliphatic rings. The topological polar surface area (TPSA) is 98.2 Å². The Labute approximate surface area is 171 Å². The lowest BCUT2D eigenvalue weighted by molar-refractivity contribution is -0.120. The maximum Gasteiger partial charge on any atom is 0.258 e. The number of carbonyl (C=O) groups is 1. The fourth-order valence-corrected chi connectivity index (χ4v) is 2.92. The summed E-state index contributed by atoms with van der Waals surface area (Å²) in [5.41, 5.74) is 2.33. The first-order valence-corrected chi connectivity index (χ1v) is 9.56. The van der Waals surface area contributed by atoms with Crippen molar-refractivity contribution in [3.8, 4) is 11.5 Å². The third-order valence-electron chi connectivity index (χ3n) is 4.41. The zero-order valence-electron chi connectivity index (χ0n) is 16.0. The van der Waals surface area contributed by atoms with Gasteiger partial charge in [-0.15, -0.1) is 10.2 Å². The van der Waals surface area contributed by atoms with E-state index in [0.717, 1.165) is 11.1 Å². The summed E-state index contributed by atoms with van der Waals surface area (Å²) in [6, 6.07) is 11.0. The van der Waals surface area contributed by atoms with E-state index < -0.39 is 0 Å². The van der Waals surface area contributed by atoms with Crippen LogP contribution >= 0.6 is 11.6 Å². The van der Waals surface area contributed by atoms with Gasteiger partial charge in [0.2, 0.25) is 5.91 Å². The fourth-order valence-electron chi connectivity index (χ4n) is 2.79. The highest BCUT2D eigenvalue weighted by Crippen LogP contribution is 2.21. The molecule has 0 spiro atoms. The summed E-state index contributed by atoms with van der Waals surface area (Å²) < 4.78 is 7.09. The number of pyridine rings is 1. The van der Waals surface area contributed by atoms with Crippen LogP contribution in [-0.4, -0.2) is 30.6 Å². The van der Waals surface area contributed by atoms with Crippen molar-refractivity contribution in [3.63, 3.8) is 0 Å². The summed E-state index contributed by atoms with van der Waals surface area (Å²) in [7, 11) is 0. The van der Waals surface area contributed by atoms with Crippen LogP contribution in [0.4, 0.5) is 0 Å². The number of rotatable bonds is 6. The van der Waals surface area contributed by atoms with Crippen LogP contribution in [0.15, 0.2) is 47.1 Å². The second-order valence-corrected chi connectivity index (χ2v) is 7.39. The third kappa shape index (κ3) is 4.27. The maximum atomic E-state index is 12.3. The van der Waals surface area contributed by atoms with Crippen LogP contribution in [0.25, 0.3) is 17.1 Å². The van der Waals surface area contributed by atoms with Crippen LogP contribution in [0.5, 0.6) is 0 Å². The molecule has 0 bridgehead atoms. The highest BCUT2D eigenvalue weighted by molar-refractivity contribution is 6.30. The molecule has 3 heterocycles. The van der Waals surface area contributed by atoms with Gasteiger partial charge in [0.1, 0.15) is 5.82 Å². The molecule has 29 heavy (non-hydrogen) atoms. The number of aromatic nitrogens is 5. The predicted molar refractivity (Wildman–Crippen MR) is 107 cm³/mol. The van der Waals surface area contributed by atoms with Gasteiger partial charge in [-0.05, 0) is 29.8 Å². The van der Waals surface area contributed by atoms with Gasteiger partial charge in [0.05, 0.1) is 6.42 Å². The molecule has 0 radical (unpaired) electrons. The molecule has 9 heteroatoms. The molecule has 0 saturated heterocycles. The van der Waals surface area contributed by atoms with Crippen LogP contribution in [0.2, 0.25) is 5.02 Å². The van der Waals surface area contributed by atoms with E-state index in [-0.39, 0.29) is 18.2 Å². The Morgan fingerprint density at radius 3 is 2.72 bits per heavy atom. The van der Waals surface area contributed by atoms with Gasteiger partial charge in [0.15, 0.2) is 11.5 Å². The third-order valence-corrected chi connectivity index (χ3v) is 4.66. The van der Waals surface area contributed by atoms with Crippen molar-refractivity contribution in [2.45, 2.75) is 32.7 Å². The highest BCUT2D eigenvalue weighted by Gasteiger charge is 2.15. The number of nitrogens with one attached hydrogen (secondary N) is 1. The predicted octanol–water partition coefficient (Wildman–Crippen LogP) is 3.42. The fraction of sp³-hybridized carbons (Fsp3) is 0.250. The van der Waals surface area contributed by atoms with Crippen molar-refractivity contribution in [3.05, 3.63) is 64.8 Å². The van der Waals surface area contributed by atoms with Gasteiger partial charge in [-0.25, -0.2) is 0 Å². The first-order chi connectivity index (χ1) is 14.0. The van der Waals surface area contributed by atoms with E-state index in [0.29, 0.717) is 34.8 Å². The van der Waals surface area contributed by atoms with E-state index in [9.17, 15) is 4.79 Å². The molecule has 0 aliphatic carbocycles. The molecule has 0 fully saturated rings. The first-order valence-electron chi connectivity index (χ1n) is 9.18. The summed E-state index contributed by atoms with van der Waals surface area (Å²) in [4.78, 5) is 16.7. The highest BCUT2D eigenvalue weighted by atomic mass is 35.5. The average Bonchev–Trinajstić information content (AvgIpc) is 3.35. The molecule has 0 saturated carbocycles. The van der Waals surface area contributed by atoms with Crippen LogP contribution in [-0.2, 0) is 17.8 Å². The zero-order valence-corrected chi connectivity index (χ0v) is 16.7. The minimum Gasteiger partial charge on any atom is -0.352 e. The van der Waals surface area contributed by atoms with E-state index in [1.165, 1.54) is 0 Å². The van der Waals surface area contributed by atoms with Gasteiger partial charge >= 0.3 is 0 Å². The minimum atomic E-state index is -0.142. The molecule has 148 valence electrons. The van der Waals surface area contributed by atoms with Gasteiger partial charge in [-0.1, -0.05) is 42.7 Å². The number of hydrogen-bond acceptors (Lipinski definition) is 6. The van der Waals surface area contributed by atoms with Crippen molar-refractivity contribution in [2.24, 2.45) is 0 Å². The van der Waals surface area contributed by atoms with Crippen molar-refractivity contribution < 1.29 is 9.32 Å². The van der Waals surface area contributed by atoms with E-state index >= 15 is 0 Å². The van der Waals surface area contributed by atoms with Gasteiger partial charge in [-0.2, -0.15) is 4.98 Å². The largest absolute Gasteiger partial charge is 0.352 e. The van der Waals surface area contributed by atoms with E-state index in [1.807, 2.05) is 32.0 Å². The SMILES string of the molecule is CC(C)c1noc(-c2ccn3c(CC(=O)NCc4ccc(Cl)cc4)nnc3c2)n1. The van der Waals surface area contributed by atoms with Crippen LogP contribution in [0, 0.1) is 0 Å². The monoisotopic (exact) mass is 410 g/mol. The molecule has 4 rings (SSSR count). The number of hydrogen-bond donors (Lipinski definition) is 1. The second kappa shape index (κ2) is 8.00. The molecule has 0 aliphatic heterocycles. The van der Waals surface area contributed by atoms with Crippen LogP contribution in [0.1, 0.15) is 37.0 Å². The molecular formula is C20H19ClN6O2. The zero-order chi connectivity index (χ0) is 20.4. The van der Waals surface area contributed by atoms with Crippen molar-refractivity contribution in [1.82, 2.24) is 30.1 Å². The number of nitrogens with zero attached hydrogens (tertiary/aromatic N) is 5. The van der Waals surface area contributed by atoms with E-state index in [1.54, 1.807) is 28.8 Å². The summed E-state index contributed by atoms with van der Waals surface area (Å²) in [5, 5.41) is 15.8. The number of halogens is 1. The Morgan fingerprint density at radius 2 is 2.00 bits per heavy atom. The minimum absolute atomic E-state index is 0.117. The molecule has 4 aromatic rings. The quantitative estimate of drug-likeness (QED) is 0.523. The molecule has 3 aromatic heterocycles. The van der Waals surface area contributed by atoms with Gasteiger partial charge in [-0.3, -0.25) is 9.20 Å². The van der Waals surface area contributed by atoms with Gasteiger partial charge in [0.25, 0.3) is 5.89 Å². The number of benzene rings is 1. The Kier molecular flexibility index (Phi) is 5.26. The van der Waals surface area contributed by atoms with Gasteiger partial charge < -0.3 is 9.84 Å². The Balaban J connectivity index is 1.45. The second-order valence-electron chi connectivity index (χ2n) is 6.95. The average molecular weight is 411 g/mol.